The van der Waals surface area contributed by atoms with Gasteiger partial charge in [-0.15, -0.1) is 0 Å². The van der Waals surface area contributed by atoms with Gasteiger partial charge in [-0.1, -0.05) is 64.4 Å². The minimum absolute atomic E-state index is 0.0292. The molecule has 0 aliphatic heterocycles. The van der Waals surface area contributed by atoms with E-state index in [9.17, 15) is 4.57 Å². The fourth-order valence-electron chi connectivity index (χ4n) is 2.88. The molecule has 7 heteroatoms. The van der Waals surface area contributed by atoms with Crippen molar-refractivity contribution in [1.82, 2.24) is 0 Å². The normalized spacial score (nSPS) is 11.7. The molecule has 0 unspecified atom stereocenters. The monoisotopic (exact) mass is 464 g/mol. The molecule has 2 N–H and O–H groups in total. The van der Waals surface area contributed by atoms with E-state index in [1.165, 1.54) is 63.4 Å². The van der Waals surface area contributed by atoms with Crippen LogP contribution in [-0.4, -0.2) is 23.0 Å². The average molecular weight is 465 g/mol. The van der Waals surface area contributed by atoms with Crippen LogP contribution in [-0.2, 0) is 15.5 Å². The molecule has 1 aromatic carbocycles. The van der Waals surface area contributed by atoms with Crippen LogP contribution in [0.25, 0.3) is 0 Å². The molecular weight excluding hydrogens is 431 g/mol. The van der Waals surface area contributed by atoms with Gasteiger partial charge in [-0.3, -0.25) is 4.52 Å². The van der Waals surface area contributed by atoms with Gasteiger partial charge in [-0.05, 0) is 46.5 Å². The highest BCUT2D eigenvalue weighted by Gasteiger charge is 2.12. The maximum atomic E-state index is 10.6. The first-order valence-electron chi connectivity index (χ1n) is 10.0. The van der Waals surface area contributed by atoms with Crippen LogP contribution in [0.1, 0.15) is 76.7 Å². The van der Waals surface area contributed by atoms with E-state index in [4.69, 9.17) is 14.5 Å². The van der Waals surface area contributed by atoms with Crippen molar-refractivity contribution >= 4 is 23.8 Å². The van der Waals surface area contributed by atoms with Crippen LogP contribution >= 0.6 is 23.8 Å². The second kappa shape index (κ2) is 14.6. The Morgan fingerprint density at radius 1 is 0.926 bits per heavy atom. The predicted octanol–water partition coefficient (Wildman–Crippen LogP) is 6.40. The number of benzene rings is 1. The quantitative estimate of drug-likeness (QED) is 0.218. The van der Waals surface area contributed by atoms with Crippen LogP contribution in [0.15, 0.2) is 22.7 Å². The number of hydrogen-bond donors (Lipinski definition) is 2. The van der Waals surface area contributed by atoms with Crippen LogP contribution in [0.4, 0.5) is 0 Å². The fourth-order valence-corrected chi connectivity index (χ4v) is 3.79. The van der Waals surface area contributed by atoms with Gasteiger partial charge in [-0.2, -0.15) is 0 Å². The number of phosphoric acid groups is 1. The Balaban J connectivity index is 2.14. The molecular formula is C20H34BrO5P. The summed E-state index contributed by atoms with van der Waals surface area (Å²) in [4.78, 5) is 17.2. The highest BCUT2D eigenvalue weighted by molar-refractivity contribution is 9.10. The smallest absolute Gasteiger partial charge is 0.469 e. The van der Waals surface area contributed by atoms with Gasteiger partial charge in [0.25, 0.3) is 0 Å². The van der Waals surface area contributed by atoms with Gasteiger partial charge in [0, 0.05) is 6.42 Å². The van der Waals surface area contributed by atoms with Crippen molar-refractivity contribution in [3.05, 3.63) is 28.2 Å². The molecule has 0 amide bonds. The number of unbranched alkanes of at least 4 members (excludes halogenated alkanes) is 8. The Hall–Kier alpha value is -0.390. The molecule has 0 saturated carbocycles. The minimum atomic E-state index is -4.38. The summed E-state index contributed by atoms with van der Waals surface area (Å²) in [5, 5.41) is 0. The van der Waals surface area contributed by atoms with Crippen LogP contribution < -0.4 is 4.74 Å². The third-order valence-corrected chi connectivity index (χ3v) is 5.51. The summed E-state index contributed by atoms with van der Waals surface area (Å²) < 4.78 is 21.5. The zero-order valence-electron chi connectivity index (χ0n) is 16.4. The van der Waals surface area contributed by atoms with Gasteiger partial charge < -0.3 is 14.5 Å². The SMILES string of the molecule is CCCCCCCCCCCc1ccc(OCCCOP(=O)(O)O)c(Br)c1. The molecule has 156 valence electrons. The van der Waals surface area contributed by atoms with Gasteiger partial charge >= 0.3 is 7.82 Å². The molecule has 0 bridgehead atoms. The van der Waals surface area contributed by atoms with Gasteiger partial charge in [0.05, 0.1) is 17.7 Å². The van der Waals surface area contributed by atoms with E-state index in [0.29, 0.717) is 13.0 Å². The van der Waals surface area contributed by atoms with Crippen LogP contribution in [0.2, 0.25) is 0 Å². The molecule has 0 atom stereocenters. The largest absolute Gasteiger partial charge is 0.492 e. The molecule has 0 spiro atoms. The fraction of sp³-hybridized carbons (Fsp3) is 0.700. The van der Waals surface area contributed by atoms with Crippen LogP contribution in [0.3, 0.4) is 0 Å². The molecule has 0 heterocycles. The third kappa shape index (κ3) is 13.4. The summed E-state index contributed by atoms with van der Waals surface area (Å²) in [5.41, 5.74) is 1.29. The maximum absolute atomic E-state index is 10.6. The topological polar surface area (TPSA) is 76.0 Å². The maximum Gasteiger partial charge on any atom is 0.469 e. The Morgan fingerprint density at radius 3 is 2.15 bits per heavy atom. The van der Waals surface area contributed by atoms with Crippen molar-refractivity contribution in [1.29, 1.82) is 0 Å². The summed E-state index contributed by atoms with van der Waals surface area (Å²) >= 11 is 3.53. The van der Waals surface area contributed by atoms with E-state index in [0.717, 1.165) is 16.6 Å². The second-order valence-corrected chi connectivity index (χ2v) is 8.96. The first kappa shape index (κ1) is 24.6. The standard InChI is InChI=1S/C20H34BrO5P/c1-2-3-4-5-6-7-8-9-10-12-18-13-14-20(19(21)17-18)25-15-11-16-26-27(22,23)24/h13-14,17H,2-12,15-16H2,1H3,(H2,22,23,24). The summed E-state index contributed by atoms with van der Waals surface area (Å²) in [7, 11) is -4.38. The van der Waals surface area contributed by atoms with E-state index < -0.39 is 7.82 Å². The van der Waals surface area contributed by atoms with Crippen molar-refractivity contribution in [2.45, 2.75) is 77.6 Å². The minimum Gasteiger partial charge on any atom is -0.492 e. The van der Waals surface area contributed by atoms with Crippen molar-refractivity contribution in [2.75, 3.05) is 13.2 Å². The lowest BCUT2D eigenvalue weighted by molar-refractivity contribution is 0.180. The van der Waals surface area contributed by atoms with E-state index in [1.807, 2.05) is 6.07 Å². The molecule has 27 heavy (non-hydrogen) atoms. The van der Waals surface area contributed by atoms with Crippen molar-refractivity contribution in [3.8, 4) is 5.75 Å². The number of hydrogen-bond acceptors (Lipinski definition) is 3. The Morgan fingerprint density at radius 2 is 1.56 bits per heavy atom. The summed E-state index contributed by atoms with van der Waals surface area (Å²) in [5.74, 6) is 0.738. The molecule has 0 saturated heterocycles. The summed E-state index contributed by atoms with van der Waals surface area (Å²) in [6, 6.07) is 6.11. The van der Waals surface area contributed by atoms with Gasteiger partial charge in [0.2, 0.25) is 0 Å². The van der Waals surface area contributed by atoms with Crippen molar-refractivity contribution in [2.24, 2.45) is 0 Å². The highest BCUT2D eigenvalue weighted by Crippen LogP contribution is 2.35. The van der Waals surface area contributed by atoms with Gasteiger partial charge in [0.15, 0.2) is 0 Å². The van der Waals surface area contributed by atoms with Gasteiger partial charge in [0.1, 0.15) is 5.75 Å². The van der Waals surface area contributed by atoms with E-state index in [-0.39, 0.29) is 6.61 Å². The first-order chi connectivity index (χ1) is 12.9. The predicted molar refractivity (Wildman–Crippen MR) is 113 cm³/mol. The molecule has 0 radical (unpaired) electrons. The number of ether oxygens (including phenoxy) is 1. The number of rotatable bonds is 16. The zero-order valence-corrected chi connectivity index (χ0v) is 18.8. The Bertz CT molecular complexity index is 561. The average Bonchev–Trinajstić information content (AvgIpc) is 2.60. The Labute approximate surface area is 172 Å². The third-order valence-electron chi connectivity index (χ3n) is 4.37. The zero-order chi connectivity index (χ0) is 20.0. The Kier molecular flexibility index (Phi) is 13.3. The highest BCUT2D eigenvalue weighted by atomic mass is 79.9. The molecule has 5 nitrogen and oxygen atoms in total. The molecule has 1 rings (SSSR count). The van der Waals surface area contributed by atoms with E-state index >= 15 is 0 Å². The molecule has 0 aliphatic rings. The second-order valence-electron chi connectivity index (χ2n) is 6.87. The lowest BCUT2D eigenvalue weighted by Crippen LogP contribution is -2.02. The number of aryl methyl sites for hydroxylation is 1. The molecule has 0 aromatic heterocycles. The van der Waals surface area contributed by atoms with E-state index in [1.54, 1.807) is 0 Å². The van der Waals surface area contributed by atoms with E-state index in [2.05, 4.69) is 39.5 Å². The molecule has 1 aromatic rings. The molecule has 0 fully saturated rings. The van der Waals surface area contributed by atoms with Crippen LogP contribution in [0, 0.1) is 0 Å². The van der Waals surface area contributed by atoms with Gasteiger partial charge in [-0.25, -0.2) is 4.57 Å². The lowest BCUT2D eigenvalue weighted by Gasteiger charge is -2.10. The summed E-state index contributed by atoms with van der Waals surface area (Å²) in [6.45, 7) is 2.57. The first-order valence-corrected chi connectivity index (χ1v) is 12.4. The lowest BCUT2D eigenvalue weighted by atomic mass is 10.0. The molecule has 0 aliphatic carbocycles. The summed E-state index contributed by atoms with van der Waals surface area (Å²) in [6.07, 6.45) is 13.5. The number of halogens is 1. The van der Waals surface area contributed by atoms with Crippen molar-refractivity contribution in [3.63, 3.8) is 0 Å². The van der Waals surface area contributed by atoms with Crippen molar-refractivity contribution < 1.29 is 23.6 Å². The van der Waals surface area contributed by atoms with Crippen LogP contribution in [0.5, 0.6) is 5.75 Å². The number of phosphoric ester groups is 1.